The first-order valence-electron chi connectivity index (χ1n) is 7.19. The topological polar surface area (TPSA) is 32.3 Å². The Morgan fingerprint density at radius 3 is 2.18 bits per heavy atom. The minimum absolute atomic E-state index is 0.0961. The van der Waals surface area contributed by atoms with Gasteiger partial charge in [-0.15, -0.1) is 0 Å². The van der Waals surface area contributed by atoms with Gasteiger partial charge in [-0.1, -0.05) is 19.1 Å². The Labute approximate surface area is 129 Å². The molecule has 0 atom stereocenters. The van der Waals surface area contributed by atoms with E-state index in [9.17, 15) is 18.0 Å². The summed E-state index contributed by atoms with van der Waals surface area (Å²) in [6, 6.07) is 4.99. The van der Waals surface area contributed by atoms with Gasteiger partial charge < -0.3 is 5.32 Å². The van der Waals surface area contributed by atoms with Crippen molar-refractivity contribution in [1.29, 1.82) is 0 Å². The van der Waals surface area contributed by atoms with Crippen molar-refractivity contribution in [2.24, 2.45) is 0 Å². The summed E-state index contributed by atoms with van der Waals surface area (Å²) in [5.74, 6) is -0.0961. The zero-order valence-electron chi connectivity index (χ0n) is 13.4. The lowest BCUT2D eigenvalue weighted by Crippen LogP contribution is -2.46. The van der Waals surface area contributed by atoms with Crippen LogP contribution >= 0.6 is 0 Å². The molecule has 0 saturated carbocycles. The second-order valence-corrected chi connectivity index (χ2v) is 6.15. The quantitative estimate of drug-likeness (QED) is 0.872. The third-order valence-corrected chi connectivity index (χ3v) is 3.51. The summed E-state index contributed by atoms with van der Waals surface area (Å²) in [5, 5.41) is 2.92. The van der Waals surface area contributed by atoms with Crippen LogP contribution in [0.3, 0.4) is 0 Å². The highest BCUT2D eigenvalue weighted by molar-refractivity contribution is 5.78. The second kappa shape index (κ2) is 7.13. The average Bonchev–Trinajstić information content (AvgIpc) is 2.37. The summed E-state index contributed by atoms with van der Waals surface area (Å²) in [6.07, 6.45) is -3.50. The number of nitrogens with one attached hydrogen (secondary N) is 1. The van der Waals surface area contributed by atoms with Crippen LogP contribution in [0.4, 0.5) is 13.2 Å². The second-order valence-electron chi connectivity index (χ2n) is 6.15. The van der Waals surface area contributed by atoms with Crippen LogP contribution in [0, 0.1) is 0 Å². The number of likely N-dealkylation sites (N-methyl/N-ethyl adjacent to an activating group) is 1. The van der Waals surface area contributed by atoms with Crippen molar-refractivity contribution in [2.45, 2.75) is 45.5 Å². The van der Waals surface area contributed by atoms with Crippen LogP contribution < -0.4 is 5.32 Å². The Bertz CT molecular complexity index is 495. The lowest BCUT2D eigenvalue weighted by atomic mass is 10.0. The van der Waals surface area contributed by atoms with E-state index in [2.05, 4.69) is 5.32 Å². The first kappa shape index (κ1) is 18.5. The molecule has 0 radical (unpaired) electrons. The largest absolute Gasteiger partial charge is 0.416 e. The maximum atomic E-state index is 12.5. The van der Waals surface area contributed by atoms with Crippen LogP contribution in [0.5, 0.6) is 0 Å². The Kier molecular flexibility index (Phi) is 6.00. The first-order valence-corrected chi connectivity index (χ1v) is 7.19. The molecule has 22 heavy (non-hydrogen) atoms. The van der Waals surface area contributed by atoms with Crippen LogP contribution in [0.1, 0.15) is 38.3 Å². The fraction of sp³-hybridized carbons (Fsp3) is 0.562. The normalized spacial score (nSPS) is 12.5. The van der Waals surface area contributed by atoms with Crippen LogP contribution in [-0.4, -0.2) is 29.9 Å². The number of alkyl halides is 3. The molecule has 1 N–H and O–H groups in total. The first-order chi connectivity index (χ1) is 10.0. The number of halogens is 3. The van der Waals surface area contributed by atoms with E-state index in [4.69, 9.17) is 0 Å². The van der Waals surface area contributed by atoms with Gasteiger partial charge in [0.15, 0.2) is 0 Å². The molecule has 3 nitrogen and oxygen atoms in total. The molecule has 0 aliphatic carbocycles. The Morgan fingerprint density at radius 1 is 1.18 bits per heavy atom. The molecule has 6 heteroatoms. The van der Waals surface area contributed by atoms with Crippen LogP contribution in [-0.2, 0) is 17.5 Å². The molecule has 0 spiro atoms. The van der Waals surface area contributed by atoms with E-state index < -0.39 is 11.7 Å². The van der Waals surface area contributed by atoms with Gasteiger partial charge in [0.25, 0.3) is 0 Å². The van der Waals surface area contributed by atoms with E-state index in [1.165, 1.54) is 12.1 Å². The summed E-state index contributed by atoms with van der Waals surface area (Å²) < 4.78 is 37.4. The molecule has 1 amide bonds. The lowest BCUT2D eigenvalue weighted by Gasteiger charge is -2.26. The van der Waals surface area contributed by atoms with E-state index in [0.29, 0.717) is 6.54 Å². The van der Waals surface area contributed by atoms with Crippen LogP contribution in [0.15, 0.2) is 24.3 Å². The number of carbonyl (C=O) groups excluding carboxylic acids is 1. The highest BCUT2D eigenvalue weighted by atomic mass is 19.4. The molecule has 0 saturated heterocycles. The number of rotatable bonds is 6. The van der Waals surface area contributed by atoms with E-state index in [-0.39, 0.29) is 18.0 Å². The average molecular weight is 316 g/mol. The smallest absolute Gasteiger partial charge is 0.350 e. The summed E-state index contributed by atoms with van der Waals surface area (Å²) in [4.78, 5) is 13.7. The van der Waals surface area contributed by atoms with Crippen molar-refractivity contribution < 1.29 is 18.0 Å². The molecule has 0 aromatic heterocycles. The molecule has 0 aliphatic heterocycles. The van der Waals surface area contributed by atoms with Crippen LogP contribution in [0.2, 0.25) is 0 Å². The Hall–Kier alpha value is -1.56. The summed E-state index contributed by atoms with van der Waals surface area (Å²) >= 11 is 0. The summed E-state index contributed by atoms with van der Waals surface area (Å²) in [6.45, 7) is 6.50. The standard InChI is InChI=1S/C16H23F3N2O/c1-5-15(2,3)20-14(22)11-21(4)10-12-6-8-13(9-7-12)16(17,18)19/h6-9H,5,10-11H2,1-4H3,(H,20,22). The fourth-order valence-corrected chi connectivity index (χ4v) is 1.92. The van der Waals surface area contributed by atoms with Gasteiger partial charge in [-0.2, -0.15) is 13.2 Å². The van der Waals surface area contributed by atoms with E-state index in [1.807, 2.05) is 20.8 Å². The number of hydrogen-bond acceptors (Lipinski definition) is 2. The van der Waals surface area contributed by atoms with Gasteiger partial charge in [0.2, 0.25) is 5.91 Å². The molecular formula is C16H23F3N2O. The predicted molar refractivity (Wildman–Crippen MR) is 80.3 cm³/mol. The van der Waals surface area contributed by atoms with Gasteiger partial charge in [-0.3, -0.25) is 9.69 Å². The molecule has 0 aliphatic rings. The monoisotopic (exact) mass is 316 g/mol. The van der Waals surface area contributed by atoms with E-state index in [1.54, 1.807) is 11.9 Å². The van der Waals surface area contributed by atoms with E-state index >= 15 is 0 Å². The number of amides is 1. The van der Waals surface area contributed by atoms with Crippen molar-refractivity contribution >= 4 is 5.91 Å². The van der Waals surface area contributed by atoms with Gasteiger partial charge in [0.1, 0.15) is 0 Å². The summed E-state index contributed by atoms with van der Waals surface area (Å²) in [5.41, 5.74) is -0.189. The highest BCUT2D eigenvalue weighted by Gasteiger charge is 2.29. The van der Waals surface area contributed by atoms with Gasteiger partial charge in [0, 0.05) is 12.1 Å². The van der Waals surface area contributed by atoms with Gasteiger partial charge in [0.05, 0.1) is 12.1 Å². The van der Waals surface area contributed by atoms with Crippen molar-refractivity contribution in [2.75, 3.05) is 13.6 Å². The van der Waals surface area contributed by atoms with E-state index in [0.717, 1.165) is 24.1 Å². The third-order valence-electron chi connectivity index (χ3n) is 3.51. The number of hydrogen-bond donors (Lipinski definition) is 1. The van der Waals surface area contributed by atoms with Crippen molar-refractivity contribution in [3.63, 3.8) is 0 Å². The van der Waals surface area contributed by atoms with Gasteiger partial charge >= 0.3 is 6.18 Å². The number of nitrogens with zero attached hydrogens (tertiary/aromatic N) is 1. The van der Waals surface area contributed by atoms with Crippen molar-refractivity contribution in [3.05, 3.63) is 35.4 Å². The SMILES string of the molecule is CCC(C)(C)NC(=O)CN(C)Cc1ccc(C(F)(F)F)cc1. The maximum absolute atomic E-state index is 12.5. The Morgan fingerprint density at radius 2 is 1.73 bits per heavy atom. The molecule has 1 aromatic carbocycles. The number of carbonyl (C=O) groups is 1. The summed E-state index contributed by atoms with van der Waals surface area (Å²) in [7, 11) is 1.76. The Balaban J connectivity index is 2.55. The maximum Gasteiger partial charge on any atom is 0.416 e. The molecule has 1 aromatic rings. The zero-order chi connectivity index (χ0) is 17.0. The van der Waals surface area contributed by atoms with Crippen molar-refractivity contribution in [1.82, 2.24) is 10.2 Å². The molecule has 124 valence electrons. The predicted octanol–water partition coefficient (Wildman–Crippen LogP) is 3.44. The fourth-order valence-electron chi connectivity index (χ4n) is 1.92. The molecular weight excluding hydrogens is 293 g/mol. The molecule has 0 bridgehead atoms. The number of benzene rings is 1. The third kappa shape index (κ3) is 6.05. The minimum atomic E-state index is -4.32. The molecule has 0 fully saturated rings. The van der Waals surface area contributed by atoms with Crippen LogP contribution in [0.25, 0.3) is 0 Å². The molecule has 0 heterocycles. The molecule has 1 rings (SSSR count). The van der Waals surface area contributed by atoms with Gasteiger partial charge in [-0.25, -0.2) is 0 Å². The molecule has 0 unspecified atom stereocenters. The van der Waals surface area contributed by atoms with Gasteiger partial charge in [-0.05, 0) is 45.0 Å². The minimum Gasteiger partial charge on any atom is -0.350 e. The zero-order valence-corrected chi connectivity index (χ0v) is 13.4. The lowest BCUT2D eigenvalue weighted by molar-refractivity contribution is -0.137. The highest BCUT2D eigenvalue weighted by Crippen LogP contribution is 2.29. The van der Waals surface area contributed by atoms with Crippen molar-refractivity contribution in [3.8, 4) is 0 Å².